The van der Waals surface area contributed by atoms with Crippen LogP contribution in [-0.2, 0) is 11.2 Å². The highest BCUT2D eigenvalue weighted by Crippen LogP contribution is 2.02. The first kappa shape index (κ1) is 12.6. The molecule has 0 spiro atoms. The third kappa shape index (κ3) is 4.39. The minimum Gasteiger partial charge on any atom is -0.354 e. The first-order valence-corrected chi connectivity index (χ1v) is 5.47. The Morgan fingerprint density at radius 2 is 2.38 bits per heavy atom. The van der Waals surface area contributed by atoms with Crippen molar-refractivity contribution < 1.29 is 4.79 Å². The number of hydrogen-bond donors (Lipinski definition) is 3. The lowest BCUT2D eigenvalue weighted by atomic mass is 10.0. The zero-order valence-corrected chi connectivity index (χ0v) is 9.73. The molecule has 1 aromatic heterocycles. The van der Waals surface area contributed by atoms with Crippen LogP contribution in [-0.4, -0.2) is 33.7 Å². The Balaban J connectivity index is 2.19. The van der Waals surface area contributed by atoms with E-state index in [4.69, 9.17) is 5.73 Å². The van der Waals surface area contributed by atoms with Gasteiger partial charge in [0.05, 0.1) is 6.04 Å². The van der Waals surface area contributed by atoms with Gasteiger partial charge in [0.15, 0.2) is 0 Å². The monoisotopic (exact) mass is 225 g/mol. The van der Waals surface area contributed by atoms with Crippen LogP contribution in [0.5, 0.6) is 0 Å². The fraction of sp³-hybridized carbons (Fsp3) is 0.700. The summed E-state index contributed by atoms with van der Waals surface area (Å²) < 4.78 is 0. The summed E-state index contributed by atoms with van der Waals surface area (Å²) in [5, 5.41) is 9.22. The van der Waals surface area contributed by atoms with E-state index < -0.39 is 6.04 Å². The summed E-state index contributed by atoms with van der Waals surface area (Å²) in [5.41, 5.74) is 5.73. The molecule has 0 aliphatic carbocycles. The minimum absolute atomic E-state index is 0.104. The van der Waals surface area contributed by atoms with Crippen molar-refractivity contribution in [3.63, 3.8) is 0 Å². The van der Waals surface area contributed by atoms with Gasteiger partial charge in [-0.3, -0.25) is 9.89 Å². The number of hydrogen-bond acceptors (Lipinski definition) is 4. The summed E-state index contributed by atoms with van der Waals surface area (Å²) in [6.07, 6.45) is 2.79. The lowest BCUT2D eigenvalue weighted by Gasteiger charge is -2.13. The van der Waals surface area contributed by atoms with E-state index in [0.717, 1.165) is 5.82 Å². The van der Waals surface area contributed by atoms with Gasteiger partial charge in [-0.15, -0.1) is 0 Å². The summed E-state index contributed by atoms with van der Waals surface area (Å²) in [7, 11) is 0. The Labute approximate surface area is 95.0 Å². The molecule has 90 valence electrons. The quantitative estimate of drug-likeness (QED) is 0.626. The summed E-state index contributed by atoms with van der Waals surface area (Å²) in [6, 6.07) is -0.422. The molecular formula is C10H19N5O. The Morgan fingerprint density at radius 3 is 2.94 bits per heavy atom. The van der Waals surface area contributed by atoms with Crippen LogP contribution in [0.2, 0.25) is 0 Å². The SMILES string of the molecule is CC(C)C[C@H](N)C(=O)NCCc1ncn[nH]1. The highest BCUT2D eigenvalue weighted by atomic mass is 16.2. The molecule has 0 aromatic carbocycles. The smallest absolute Gasteiger partial charge is 0.236 e. The number of nitrogens with one attached hydrogen (secondary N) is 2. The zero-order valence-electron chi connectivity index (χ0n) is 9.73. The number of carbonyl (C=O) groups is 1. The number of H-pyrrole nitrogens is 1. The van der Waals surface area contributed by atoms with Gasteiger partial charge in [0.25, 0.3) is 0 Å². The number of carbonyl (C=O) groups excluding carboxylic acids is 1. The second kappa shape index (κ2) is 6.22. The van der Waals surface area contributed by atoms with E-state index >= 15 is 0 Å². The second-order valence-corrected chi connectivity index (χ2v) is 4.21. The van der Waals surface area contributed by atoms with Crippen molar-refractivity contribution in [1.82, 2.24) is 20.5 Å². The molecule has 0 aliphatic rings. The number of rotatable bonds is 6. The van der Waals surface area contributed by atoms with Gasteiger partial charge in [-0.25, -0.2) is 4.98 Å². The molecule has 1 rings (SSSR count). The molecule has 0 unspecified atom stereocenters. The summed E-state index contributed by atoms with van der Waals surface area (Å²) in [6.45, 7) is 4.61. The van der Waals surface area contributed by atoms with Crippen molar-refractivity contribution in [1.29, 1.82) is 0 Å². The topological polar surface area (TPSA) is 96.7 Å². The fourth-order valence-corrected chi connectivity index (χ4v) is 1.40. The van der Waals surface area contributed by atoms with Crippen molar-refractivity contribution in [3.8, 4) is 0 Å². The average Bonchev–Trinajstić information content (AvgIpc) is 2.69. The van der Waals surface area contributed by atoms with E-state index in [-0.39, 0.29) is 5.91 Å². The first-order chi connectivity index (χ1) is 7.59. The zero-order chi connectivity index (χ0) is 12.0. The number of amides is 1. The van der Waals surface area contributed by atoms with Crippen LogP contribution in [0, 0.1) is 5.92 Å². The van der Waals surface area contributed by atoms with Crippen LogP contribution in [0.4, 0.5) is 0 Å². The van der Waals surface area contributed by atoms with E-state index in [1.807, 2.05) is 13.8 Å². The molecule has 0 saturated heterocycles. The highest BCUT2D eigenvalue weighted by Gasteiger charge is 2.14. The summed E-state index contributed by atoms with van der Waals surface area (Å²) >= 11 is 0. The van der Waals surface area contributed by atoms with Gasteiger partial charge in [-0.05, 0) is 12.3 Å². The van der Waals surface area contributed by atoms with Crippen LogP contribution in [0.1, 0.15) is 26.1 Å². The molecule has 1 amide bonds. The van der Waals surface area contributed by atoms with Gasteiger partial charge in [0.2, 0.25) is 5.91 Å². The van der Waals surface area contributed by atoms with E-state index in [1.165, 1.54) is 6.33 Å². The molecule has 0 fully saturated rings. The van der Waals surface area contributed by atoms with Crippen molar-refractivity contribution in [3.05, 3.63) is 12.2 Å². The van der Waals surface area contributed by atoms with Gasteiger partial charge < -0.3 is 11.1 Å². The maximum absolute atomic E-state index is 11.5. The molecule has 1 heterocycles. The number of nitrogens with zero attached hydrogens (tertiary/aromatic N) is 2. The third-order valence-corrected chi connectivity index (χ3v) is 2.19. The third-order valence-electron chi connectivity index (χ3n) is 2.19. The fourth-order valence-electron chi connectivity index (χ4n) is 1.40. The number of aromatic amines is 1. The standard InChI is InChI=1S/C10H19N5O/c1-7(2)5-8(11)10(16)12-4-3-9-13-6-14-15-9/h6-8H,3-5,11H2,1-2H3,(H,12,16)(H,13,14,15)/t8-/m0/s1. The van der Waals surface area contributed by atoms with E-state index in [9.17, 15) is 4.79 Å². The van der Waals surface area contributed by atoms with Gasteiger partial charge in [0, 0.05) is 13.0 Å². The van der Waals surface area contributed by atoms with Crippen molar-refractivity contribution in [2.45, 2.75) is 32.7 Å². The molecule has 0 saturated carbocycles. The molecule has 0 radical (unpaired) electrons. The number of aromatic nitrogens is 3. The number of nitrogens with two attached hydrogens (primary N) is 1. The van der Waals surface area contributed by atoms with E-state index in [1.54, 1.807) is 0 Å². The lowest BCUT2D eigenvalue weighted by molar-refractivity contribution is -0.122. The molecule has 1 atom stereocenters. The summed E-state index contributed by atoms with van der Waals surface area (Å²) in [4.78, 5) is 15.5. The molecule has 16 heavy (non-hydrogen) atoms. The van der Waals surface area contributed by atoms with Crippen molar-refractivity contribution >= 4 is 5.91 Å². The molecule has 4 N–H and O–H groups in total. The molecule has 0 aliphatic heterocycles. The maximum atomic E-state index is 11.5. The predicted molar refractivity (Wildman–Crippen MR) is 60.5 cm³/mol. The Kier molecular flexibility index (Phi) is 4.91. The van der Waals surface area contributed by atoms with Gasteiger partial charge in [-0.1, -0.05) is 13.8 Å². The normalized spacial score (nSPS) is 12.8. The Hall–Kier alpha value is -1.43. The molecular weight excluding hydrogens is 206 g/mol. The van der Waals surface area contributed by atoms with Crippen LogP contribution >= 0.6 is 0 Å². The van der Waals surface area contributed by atoms with Crippen LogP contribution in [0.15, 0.2) is 6.33 Å². The molecule has 1 aromatic rings. The Morgan fingerprint density at radius 1 is 1.62 bits per heavy atom. The minimum atomic E-state index is -0.422. The van der Waals surface area contributed by atoms with Crippen molar-refractivity contribution in [2.24, 2.45) is 11.7 Å². The van der Waals surface area contributed by atoms with Gasteiger partial charge in [0.1, 0.15) is 12.2 Å². The first-order valence-electron chi connectivity index (χ1n) is 5.47. The van der Waals surface area contributed by atoms with Crippen LogP contribution in [0.25, 0.3) is 0 Å². The Bertz CT molecular complexity index is 309. The highest BCUT2D eigenvalue weighted by molar-refractivity contribution is 5.81. The maximum Gasteiger partial charge on any atom is 0.236 e. The van der Waals surface area contributed by atoms with Crippen LogP contribution in [0.3, 0.4) is 0 Å². The summed E-state index contributed by atoms with van der Waals surface area (Å²) in [5.74, 6) is 1.08. The predicted octanol–water partition coefficient (Wildman–Crippen LogP) is -0.163. The van der Waals surface area contributed by atoms with Gasteiger partial charge >= 0.3 is 0 Å². The largest absolute Gasteiger partial charge is 0.354 e. The van der Waals surface area contributed by atoms with Crippen LogP contribution < -0.4 is 11.1 Å². The average molecular weight is 225 g/mol. The van der Waals surface area contributed by atoms with Gasteiger partial charge in [-0.2, -0.15) is 5.10 Å². The van der Waals surface area contributed by atoms with E-state index in [0.29, 0.717) is 25.3 Å². The lowest BCUT2D eigenvalue weighted by Crippen LogP contribution is -2.42. The second-order valence-electron chi connectivity index (χ2n) is 4.21. The molecule has 0 bridgehead atoms. The molecule has 6 heteroatoms. The van der Waals surface area contributed by atoms with Crippen molar-refractivity contribution in [2.75, 3.05) is 6.54 Å². The molecule has 6 nitrogen and oxygen atoms in total. The van der Waals surface area contributed by atoms with E-state index in [2.05, 4.69) is 20.5 Å².